The molecule has 1 atom stereocenters. The molecule has 0 saturated carbocycles. The van der Waals surface area contributed by atoms with Crippen molar-refractivity contribution in [3.8, 4) is 5.75 Å². The number of carbonyl (C=O) groups excluding carboxylic acids is 2. The summed E-state index contributed by atoms with van der Waals surface area (Å²) in [5, 5.41) is 3.77. The number of halogens is 1. The summed E-state index contributed by atoms with van der Waals surface area (Å²) in [7, 11) is 1.63. The Balaban J connectivity index is 1.59. The fourth-order valence-electron chi connectivity index (χ4n) is 4.96. The van der Waals surface area contributed by atoms with Crippen molar-refractivity contribution in [2.24, 2.45) is 0 Å². The van der Waals surface area contributed by atoms with Gasteiger partial charge in [-0.3, -0.25) is 9.59 Å². The first-order chi connectivity index (χ1) is 19.0. The standard InChI is InChI=1S/C33H37ClN2O3/c1-39-30-18-14-28(15-19-30)24-36(32(37)23-27-12-16-29(34)17-13-27)31(22-26-10-6-3-7-11-26)33(38)35-21-20-25-8-4-2-5-9-25/h3,6-8,10-19,31H,2,4-5,9,20-24H2,1H3,(H,35,38). The quantitative estimate of drug-likeness (QED) is 0.263. The third kappa shape index (κ3) is 8.72. The molecule has 0 heterocycles. The van der Waals surface area contributed by atoms with Gasteiger partial charge >= 0.3 is 0 Å². The normalized spacial score (nSPS) is 13.7. The van der Waals surface area contributed by atoms with Crippen molar-refractivity contribution in [2.75, 3.05) is 13.7 Å². The summed E-state index contributed by atoms with van der Waals surface area (Å²) in [6.45, 7) is 0.879. The second kappa shape index (κ2) is 14.5. The number of allylic oxidation sites excluding steroid dienone is 1. The highest BCUT2D eigenvalue weighted by Crippen LogP contribution is 2.21. The highest BCUT2D eigenvalue weighted by atomic mass is 35.5. The zero-order valence-electron chi connectivity index (χ0n) is 22.6. The van der Waals surface area contributed by atoms with E-state index in [1.54, 1.807) is 24.1 Å². The molecular weight excluding hydrogens is 508 g/mol. The van der Waals surface area contributed by atoms with Gasteiger partial charge in [-0.05, 0) is 73.1 Å². The van der Waals surface area contributed by atoms with Gasteiger partial charge in [-0.2, -0.15) is 0 Å². The van der Waals surface area contributed by atoms with E-state index < -0.39 is 6.04 Å². The number of ether oxygens (including phenoxy) is 1. The molecule has 1 unspecified atom stereocenters. The summed E-state index contributed by atoms with van der Waals surface area (Å²) in [5.74, 6) is 0.501. The highest BCUT2D eigenvalue weighted by Gasteiger charge is 2.30. The second-order valence-corrected chi connectivity index (χ2v) is 10.5. The lowest BCUT2D eigenvalue weighted by atomic mass is 9.97. The highest BCUT2D eigenvalue weighted by molar-refractivity contribution is 6.30. The average molecular weight is 545 g/mol. The van der Waals surface area contributed by atoms with Crippen LogP contribution in [0.25, 0.3) is 0 Å². The Labute approximate surface area is 236 Å². The van der Waals surface area contributed by atoms with Gasteiger partial charge in [0, 0.05) is 24.5 Å². The van der Waals surface area contributed by atoms with Gasteiger partial charge in [0.1, 0.15) is 11.8 Å². The number of nitrogens with zero attached hydrogens (tertiary/aromatic N) is 1. The first-order valence-electron chi connectivity index (χ1n) is 13.7. The number of benzene rings is 3. The zero-order valence-corrected chi connectivity index (χ0v) is 23.3. The van der Waals surface area contributed by atoms with Gasteiger partial charge in [-0.15, -0.1) is 0 Å². The van der Waals surface area contributed by atoms with Crippen LogP contribution in [0, 0.1) is 0 Å². The van der Waals surface area contributed by atoms with E-state index in [1.807, 2.05) is 66.7 Å². The Hall–Kier alpha value is -3.57. The molecule has 0 spiro atoms. The van der Waals surface area contributed by atoms with E-state index in [0.29, 0.717) is 24.5 Å². The molecule has 1 N–H and O–H groups in total. The lowest BCUT2D eigenvalue weighted by molar-refractivity contribution is -0.140. The predicted molar refractivity (Wildman–Crippen MR) is 157 cm³/mol. The van der Waals surface area contributed by atoms with Gasteiger partial charge in [0.25, 0.3) is 0 Å². The Kier molecular flexibility index (Phi) is 10.6. The van der Waals surface area contributed by atoms with Gasteiger partial charge in [-0.1, -0.05) is 77.8 Å². The van der Waals surface area contributed by atoms with E-state index in [0.717, 1.165) is 41.7 Å². The minimum Gasteiger partial charge on any atom is -0.497 e. The van der Waals surface area contributed by atoms with Crippen LogP contribution in [0.4, 0.5) is 0 Å². The van der Waals surface area contributed by atoms with E-state index in [2.05, 4.69) is 11.4 Å². The van der Waals surface area contributed by atoms with Crippen molar-refractivity contribution >= 4 is 23.4 Å². The number of carbonyl (C=O) groups is 2. The van der Waals surface area contributed by atoms with Crippen molar-refractivity contribution in [1.82, 2.24) is 10.2 Å². The maximum atomic E-state index is 13.9. The first-order valence-corrected chi connectivity index (χ1v) is 14.1. The molecular formula is C33H37ClN2O3. The van der Waals surface area contributed by atoms with Crippen LogP contribution in [0.5, 0.6) is 5.75 Å². The topological polar surface area (TPSA) is 58.6 Å². The summed E-state index contributed by atoms with van der Waals surface area (Å²) >= 11 is 6.07. The van der Waals surface area contributed by atoms with Crippen LogP contribution in [0.15, 0.2) is 90.5 Å². The molecule has 1 aliphatic rings. The molecule has 0 fully saturated rings. The fraction of sp³-hybridized carbons (Fsp3) is 0.333. The van der Waals surface area contributed by atoms with Gasteiger partial charge in [-0.25, -0.2) is 0 Å². The number of hydrogen-bond donors (Lipinski definition) is 1. The minimum absolute atomic E-state index is 0.112. The van der Waals surface area contributed by atoms with E-state index in [4.69, 9.17) is 16.3 Å². The van der Waals surface area contributed by atoms with Crippen LogP contribution >= 0.6 is 11.6 Å². The number of nitrogens with one attached hydrogen (secondary N) is 1. The maximum absolute atomic E-state index is 13.9. The molecule has 3 aromatic carbocycles. The molecule has 0 aliphatic heterocycles. The number of hydrogen-bond acceptors (Lipinski definition) is 3. The molecule has 39 heavy (non-hydrogen) atoms. The summed E-state index contributed by atoms with van der Waals surface area (Å²) in [6, 6.07) is 24.1. The lowest BCUT2D eigenvalue weighted by Gasteiger charge is -2.32. The van der Waals surface area contributed by atoms with Crippen LogP contribution in [-0.4, -0.2) is 36.4 Å². The smallest absolute Gasteiger partial charge is 0.243 e. The molecule has 0 bridgehead atoms. The molecule has 204 valence electrons. The summed E-state index contributed by atoms with van der Waals surface area (Å²) in [6.07, 6.45) is 8.44. The van der Waals surface area contributed by atoms with Gasteiger partial charge in [0.2, 0.25) is 11.8 Å². The second-order valence-electron chi connectivity index (χ2n) is 10.0. The van der Waals surface area contributed by atoms with E-state index in [-0.39, 0.29) is 18.2 Å². The molecule has 2 amide bonds. The third-order valence-corrected chi connectivity index (χ3v) is 7.43. The lowest BCUT2D eigenvalue weighted by Crippen LogP contribution is -2.51. The molecule has 6 heteroatoms. The molecule has 3 aromatic rings. The fourth-order valence-corrected chi connectivity index (χ4v) is 5.08. The van der Waals surface area contributed by atoms with Gasteiger partial charge in [0.05, 0.1) is 13.5 Å². The van der Waals surface area contributed by atoms with Crippen LogP contribution in [0.1, 0.15) is 48.8 Å². The molecule has 5 nitrogen and oxygen atoms in total. The Morgan fingerprint density at radius 1 is 0.923 bits per heavy atom. The monoisotopic (exact) mass is 544 g/mol. The van der Waals surface area contributed by atoms with Crippen molar-refractivity contribution < 1.29 is 14.3 Å². The molecule has 4 rings (SSSR count). The van der Waals surface area contributed by atoms with E-state index >= 15 is 0 Å². The largest absolute Gasteiger partial charge is 0.497 e. The van der Waals surface area contributed by atoms with Crippen LogP contribution in [0.2, 0.25) is 5.02 Å². The Morgan fingerprint density at radius 2 is 1.64 bits per heavy atom. The summed E-state index contributed by atoms with van der Waals surface area (Å²) in [5.41, 5.74) is 4.20. The van der Waals surface area contributed by atoms with E-state index in [9.17, 15) is 9.59 Å². The predicted octanol–water partition coefficient (Wildman–Crippen LogP) is 6.54. The molecule has 1 aliphatic carbocycles. The van der Waals surface area contributed by atoms with Crippen LogP contribution < -0.4 is 10.1 Å². The van der Waals surface area contributed by atoms with E-state index in [1.165, 1.54) is 18.4 Å². The van der Waals surface area contributed by atoms with Crippen molar-refractivity contribution in [3.05, 3.63) is 112 Å². The van der Waals surface area contributed by atoms with Gasteiger partial charge < -0.3 is 15.0 Å². The molecule has 0 saturated heterocycles. The SMILES string of the molecule is COc1ccc(CN(C(=O)Cc2ccc(Cl)cc2)C(Cc2ccccc2)C(=O)NCCC2=CCCCC2)cc1. The van der Waals surface area contributed by atoms with Crippen molar-refractivity contribution in [2.45, 2.75) is 57.5 Å². The Morgan fingerprint density at radius 3 is 2.31 bits per heavy atom. The number of rotatable bonds is 12. The maximum Gasteiger partial charge on any atom is 0.243 e. The minimum atomic E-state index is -0.658. The Bertz CT molecular complexity index is 1240. The van der Waals surface area contributed by atoms with Crippen molar-refractivity contribution in [3.63, 3.8) is 0 Å². The first kappa shape index (κ1) is 28.4. The van der Waals surface area contributed by atoms with Crippen molar-refractivity contribution in [1.29, 1.82) is 0 Å². The van der Waals surface area contributed by atoms with Gasteiger partial charge in [0.15, 0.2) is 0 Å². The number of amides is 2. The third-order valence-electron chi connectivity index (χ3n) is 7.18. The zero-order chi connectivity index (χ0) is 27.5. The summed E-state index contributed by atoms with van der Waals surface area (Å²) in [4.78, 5) is 29.3. The molecule has 0 aromatic heterocycles. The van der Waals surface area contributed by atoms with Crippen LogP contribution in [0.3, 0.4) is 0 Å². The summed E-state index contributed by atoms with van der Waals surface area (Å²) < 4.78 is 5.31. The van der Waals surface area contributed by atoms with Crippen LogP contribution in [-0.2, 0) is 29.0 Å². The molecule has 0 radical (unpaired) electrons. The number of methoxy groups -OCH3 is 1. The average Bonchev–Trinajstić information content (AvgIpc) is 2.97.